The molecule has 206 valence electrons. The lowest BCUT2D eigenvalue weighted by Gasteiger charge is -2.73. The Kier molecular flexibility index (Phi) is 5.12. The Bertz CT molecular complexity index is 1330. The number of nitrogens with zero attached hydrogens (tertiary/aromatic N) is 2. The van der Waals surface area contributed by atoms with Crippen molar-refractivity contribution in [3.8, 4) is 11.5 Å². The zero-order chi connectivity index (χ0) is 26.6. The first kappa shape index (κ1) is 24.2. The maximum absolute atomic E-state index is 14.5. The van der Waals surface area contributed by atoms with Gasteiger partial charge in [0.1, 0.15) is 11.7 Å². The molecule has 5 fully saturated rings. The minimum atomic E-state index is -0.647. The van der Waals surface area contributed by atoms with Gasteiger partial charge >= 0.3 is 0 Å². The highest BCUT2D eigenvalue weighted by Gasteiger charge is 2.81. The fraction of sp³-hybridized carbons (Fsp3) is 0.606. The van der Waals surface area contributed by atoms with Crippen molar-refractivity contribution in [1.29, 1.82) is 0 Å². The van der Waals surface area contributed by atoms with E-state index in [4.69, 9.17) is 14.2 Å². The van der Waals surface area contributed by atoms with Crippen molar-refractivity contribution in [2.24, 2.45) is 17.3 Å². The molecule has 2 aliphatic heterocycles. The fourth-order valence-corrected chi connectivity index (χ4v) is 10.0. The number of fused-ring (bicyclic) bond motifs is 2. The Morgan fingerprint density at radius 3 is 2.67 bits per heavy atom. The van der Waals surface area contributed by atoms with Crippen molar-refractivity contribution in [1.82, 2.24) is 9.80 Å². The number of hydrogen-bond donors (Lipinski definition) is 0. The topological polar surface area (TPSA) is 51.2 Å². The van der Waals surface area contributed by atoms with Gasteiger partial charge in [-0.15, -0.1) is 0 Å². The zero-order valence-corrected chi connectivity index (χ0v) is 23.4. The Morgan fingerprint density at radius 2 is 1.92 bits per heavy atom. The molecule has 6 nitrogen and oxygen atoms in total. The minimum Gasteiger partial charge on any atom is -0.493 e. The van der Waals surface area contributed by atoms with E-state index in [2.05, 4.69) is 29.2 Å². The number of benzene rings is 2. The molecular weight excluding hydrogens is 488 g/mol. The van der Waals surface area contributed by atoms with Crippen LogP contribution in [-0.2, 0) is 27.9 Å². The Balaban J connectivity index is 1.26. The molecule has 2 aromatic carbocycles. The number of piperidine rings is 1. The third-order valence-corrected chi connectivity index (χ3v) is 11.8. The van der Waals surface area contributed by atoms with E-state index < -0.39 is 5.60 Å². The first-order valence-electron chi connectivity index (χ1n) is 14.9. The SMILES string of the molecule is COc1ccc2c3c1O[C@H]1[C@@]4(OC)CC[C@@]5(C[C@H]4C(=O)N(C)Cc4ccccc4)[C@@H](C2)N(CC2CC2)CC[C@]315. The highest BCUT2D eigenvalue weighted by Crippen LogP contribution is 2.76. The van der Waals surface area contributed by atoms with Gasteiger partial charge < -0.3 is 19.1 Å². The van der Waals surface area contributed by atoms with Gasteiger partial charge in [-0.1, -0.05) is 36.4 Å². The highest BCUT2D eigenvalue weighted by atomic mass is 16.6. The summed E-state index contributed by atoms with van der Waals surface area (Å²) in [5.41, 5.74) is 3.19. The van der Waals surface area contributed by atoms with Crippen LogP contribution in [0.25, 0.3) is 0 Å². The summed E-state index contributed by atoms with van der Waals surface area (Å²) in [6.45, 7) is 2.91. The van der Waals surface area contributed by atoms with Gasteiger partial charge in [0.25, 0.3) is 0 Å². The minimum absolute atomic E-state index is 0.00359. The Labute approximate surface area is 231 Å². The number of rotatable bonds is 7. The van der Waals surface area contributed by atoms with E-state index >= 15 is 0 Å². The lowest BCUT2D eigenvalue weighted by atomic mass is 9.34. The predicted octanol–water partition coefficient (Wildman–Crippen LogP) is 4.58. The number of hydrogen-bond acceptors (Lipinski definition) is 5. The van der Waals surface area contributed by atoms with Gasteiger partial charge in [-0.05, 0) is 74.6 Å². The zero-order valence-electron chi connectivity index (χ0n) is 23.4. The largest absolute Gasteiger partial charge is 0.493 e. The van der Waals surface area contributed by atoms with Crippen LogP contribution in [0.15, 0.2) is 42.5 Å². The lowest BCUT2D eigenvalue weighted by molar-refractivity contribution is -0.274. The van der Waals surface area contributed by atoms with Gasteiger partial charge in [-0.2, -0.15) is 0 Å². The van der Waals surface area contributed by atoms with Crippen LogP contribution >= 0.6 is 0 Å². The van der Waals surface area contributed by atoms with E-state index in [-0.39, 0.29) is 28.8 Å². The van der Waals surface area contributed by atoms with E-state index in [1.54, 1.807) is 7.11 Å². The van der Waals surface area contributed by atoms with Crippen molar-refractivity contribution in [2.45, 2.75) is 74.7 Å². The van der Waals surface area contributed by atoms with Gasteiger partial charge in [-0.3, -0.25) is 9.69 Å². The molecular formula is C33H40N2O4. The maximum Gasteiger partial charge on any atom is 0.228 e. The third-order valence-electron chi connectivity index (χ3n) is 11.8. The smallest absolute Gasteiger partial charge is 0.228 e. The summed E-state index contributed by atoms with van der Waals surface area (Å²) in [6, 6.07) is 15.1. The lowest BCUT2D eigenvalue weighted by Crippen LogP contribution is -2.82. The monoisotopic (exact) mass is 528 g/mol. The number of amides is 1. The van der Waals surface area contributed by atoms with Crippen molar-refractivity contribution in [3.63, 3.8) is 0 Å². The molecule has 6 heteroatoms. The first-order valence-corrected chi connectivity index (χ1v) is 14.9. The second-order valence-electron chi connectivity index (χ2n) is 13.3. The molecule has 2 spiro atoms. The summed E-state index contributed by atoms with van der Waals surface area (Å²) < 4.78 is 19.6. The molecule has 1 amide bonds. The van der Waals surface area contributed by atoms with E-state index in [1.165, 1.54) is 30.5 Å². The van der Waals surface area contributed by atoms with E-state index in [1.807, 2.05) is 37.3 Å². The van der Waals surface area contributed by atoms with Crippen LogP contribution in [0, 0.1) is 17.3 Å². The fourth-order valence-electron chi connectivity index (χ4n) is 10.0. The molecule has 4 bridgehead atoms. The molecule has 0 aromatic heterocycles. The molecule has 7 aliphatic rings. The molecule has 5 aliphatic carbocycles. The number of methoxy groups -OCH3 is 2. The predicted molar refractivity (Wildman–Crippen MR) is 148 cm³/mol. The number of likely N-dealkylation sites (tertiary alicyclic amines) is 1. The third kappa shape index (κ3) is 2.97. The van der Waals surface area contributed by atoms with Crippen LogP contribution in [0.3, 0.4) is 0 Å². The molecule has 1 saturated heterocycles. The van der Waals surface area contributed by atoms with E-state index in [9.17, 15) is 4.79 Å². The van der Waals surface area contributed by atoms with Gasteiger partial charge in [-0.25, -0.2) is 0 Å². The Morgan fingerprint density at radius 1 is 1.10 bits per heavy atom. The summed E-state index contributed by atoms with van der Waals surface area (Å²) in [5, 5.41) is 0. The maximum atomic E-state index is 14.5. The molecule has 6 atom stereocenters. The molecule has 0 unspecified atom stereocenters. The van der Waals surface area contributed by atoms with Gasteiger partial charge in [0, 0.05) is 49.7 Å². The average molecular weight is 529 g/mol. The molecule has 9 rings (SSSR count). The van der Waals surface area contributed by atoms with E-state index in [0.717, 1.165) is 61.6 Å². The van der Waals surface area contributed by atoms with Crippen molar-refractivity contribution in [2.75, 3.05) is 34.4 Å². The number of ether oxygens (including phenoxy) is 3. The van der Waals surface area contributed by atoms with Gasteiger partial charge in [0.2, 0.25) is 5.91 Å². The number of carbonyl (C=O) groups excluding carboxylic acids is 1. The summed E-state index contributed by atoms with van der Waals surface area (Å²) in [5.74, 6) is 2.56. The Hall–Kier alpha value is -2.57. The second kappa shape index (κ2) is 8.23. The summed E-state index contributed by atoms with van der Waals surface area (Å²) in [6.07, 6.45) is 7.50. The van der Waals surface area contributed by atoms with Crippen molar-refractivity contribution in [3.05, 3.63) is 59.2 Å². The van der Waals surface area contributed by atoms with Gasteiger partial charge in [0.15, 0.2) is 11.5 Å². The molecule has 2 heterocycles. The summed E-state index contributed by atoms with van der Waals surface area (Å²) in [4.78, 5) is 19.2. The normalized spacial score (nSPS) is 37.3. The van der Waals surface area contributed by atoms with Crippen LogP contribution in [-0.4, -0.2) is 67.8 Å². The summed E-state index contributed by atoms with van der Waals surface area (Å²) in [7, 11) is 5.52. The van der Waals surface area contributed by atoms with Crippen LogP contribution in [0.1, 0.15) is 55.2 Å². The van der Waals surface area contributed by atoms with Gasteiger partial charge in [0.05, 0.1) is 13.0 Å². The molecule has 39 heavy (non-hydrogen) atoms. The molecule has 0 N–H and O–H groups in total. The highest BCUT2D eigenvalue weighted by molar-refractivity contribution is 5.82. The van der Waals surface area contributed by atoms with E-state index in [0.29, 0.717) is 12.6 Å². The van der Waals surface area contributed by atoms with Crippen molar-refractivity contribution < 1.29 is 19.0 Å². The quantitative estimate of drug-likeness (QED) is 0.527. The van der Waals surface area contributed by atoms with Crippen LogP contribution in [0.2, 0.25) is 0 Å². The number of carbonyl (C=O) groups is 1. The van der Waals surface area contributed by atoms with Crippen LogP contribution in [0.4, 0.5) is 0 Å². The second-order valence-corrected chi connectivity index (χ2v) is 13.3. The molecule has 2 aromatic rings. The van der Waals surface area contributed by atoms with Crippen molar-refractivity contribution >= 4 is 5.91 Å². The average Bonchev–Trinajstić information content (AvgIpc) is 3.71. The molecule has 0 radical (unpaired) electrons. The standard InChI is InChI=1S/C33H40N2O4/c1-34(19-21-7-5-4-6-8-21)29(36)24-18-31-13-14-33(24,38-3)30-32(31)15-16-35(20-22-9-10-22)26(31)17-23-11-12-25(37-2)28(39-30)27(23)32/h4-8,11-12,22,24,26,30H,9-10,13-20H2,1-3H3/t24-,26+,30+,31+,32-,33+/m0/s1. The summed E-state index contributed by atoms with van der Waals surface area (Å²) >= 11 is 0. The first-order chi connectivity index (χ1) is 19.0. The van der Waals surface area contributed by atoms with Crippen LogP contribution in [0.5, 0.6) is 11.5 Å². The van der Waals surface area contributed by atoms with Crippen LogP contribution < -0.4 is 9.47 Å². The molecule has 4 saturated carbocycles.